The van der Waals surface area contributed by atoms with E-state index in [4.69, 9.17) is 10.5 Å². The molecule has 0 radical (unpaired) electrons. The van der Waals surface area contributed by atoms with E-state index in [1.54, 1.807) is 7.11 Å². The minimum absolute atomic E-state index is 0.0170. The van der Waals surface area contributed by atoms with Crippen LogP contribution in [0.3, 0.4) is 0 Å². The van der Waals surface area contributed by atoms with Crippen LogP contribution in [0.2, 0.25) is 0 Å². The maximum absolute atomic E-state index is 11.6. The molecule has 0 saturated heterocycles. The third-order valence-corrected chi connectivity index (χ3v) is 3.39. The number of ether oxygens (including phenoxy) is 1. The Hall–Kier alpha value is -1.39. The van der Waals surface area contributed by atoms with Crippen molar-refractivity contribution in [2.75, 3.05) is 13.7 Å². The lowest BCUT2D eigenvalue weighted by Gasteiger charge is -2.00. The molecule has 0 aliphatic heterocycles. The van der Waals surface area contributed by atoms with Gasteiger partial charge in [0.05, 0.1) is 13.7 Å². The lowest BCUT2D eigenvalue weighted by molar-refractivity contribution is 0.100. The van der Waals surface area contributed by atoms with Crippen LogP contribution in [0.15, 0.2) is 24.3 Å². The van der Waals surface area contributed by atoms with E-state index in [-0.39, 0.29) is 12.3 Å². The first kappa shape index (κ1) is 10.1. The average molecular weight is 221 g/mol. The first-order chi connectivity index (χ1) is 7.27. The van der Waals surface area contributed by atoms with Crippen molar-refractivity contribution in [3.05, 3.63) is 29.1 Å². The molecule has 15 heavy (non-hydrogen) atoms. The number of fused-ring (bicyclic) bond motifs is 1. The molecule has 0 saturated carbocycles. The van der Waals surface area contributed by atoms with E-state index >= 15 is 0 Å². The summed E-state index contributed by atoms with van der Waals surface area (Å²) in [5.74, 6) is 0.569. The predicted molar refractivity (Wildman–Crippen MR) is 61.8 cm³/mol. The van der Waals surface area contributed by atoms with Crippen molar-refractivity contribution in [2.45, 2.75) is 0 Å². The molecule has 2 N–H and O–H groups in total. The summed E-state index contributed by atoms with van der Waals surface area (Å²) in [7, 11) is 1.57. The Labute approximate surface area is 91.5 Å². The number of Topliss-reactive ketones (excluding diaryl/α,β-unsaturated/α-hetero) is 1. The van der Waals surface area contributed by atoms with Crippen LogP contribution in [0, 0.1) is 0 Å². The van der Waals surface area contributed by atoms with Gasteiger partial charge in [0.1, 0.15) is 10.6 Å². The molecule has 2 aromatic rings. The van der Waals surface area contributed by atoms with Gasteiger partial charge in [0.15, 0.2) is 5.78 Å². The number of methoxy groups -OCH3 is 1. The van der Waals surface area contributed by atoms with Gasteiger partial charge in [0, 0.05) is 10.1 Å². The molecule has 0 fully saturated rings. The van der Waals surface area contributed by atoms with Crippen molar-refractivity contribution in [1.29, 1.82) is 0 Å². The van der Waals surface area contributed by atoms with Crippen molar-refractivity contribution in [2.24, 2.45) is 5.73 Å². The van der Waals surface area contributed by atoms with Gasteiger partial charge in [-0.25, -0.2) is 0 Å². The summed E-state index contributed by atoms with van der Waals surface area (Å²) in [6, 6.07) is 7.77. The molecular formula is C11H11NO2S. The number of rotatable bonds is 3. The molecule has 1 aromatic heterocycles. The van der Waals surface area contributed by atoms with E-state index in [1.807, 2.05) is 24.3 Å². The zero-order chi connectivity index (χ0) is 10.8. The van der Waals surface area contributed by atoms with E-state index in [1.165, 1.54) is 11.3 Å². The fraction of sp³-hybridized carbons (Fsp3) is 0.182. The Balaban J connectivity index is 2.69. The van der Waals surface area contributed by atoms with Gasteiger partial charge in [-0.3, -0.25) is 4.79 Å². The van der Waals surface area contributed by atoms with Crippen LogP contribution in [0.4, 0.5) is 0 Å². The Morgan fingerprint density at radius 2 is 2.20 bits per heavy atom. The van der Waals surface area contributed by atoms with Crippen LogP contribution in [0.5, 0.6) is 5.75 Å². The maximum atomic E-state index is 11.6. The standard InChI is InChI=1S/C11H11NO2S/c1-14-10-7-4-2-3-5-9(7)15-11(10)8(13)6-12/h2-5H,6,12H2,1H3. The number of ketones is 1. The van der Waals surface area contributed by atoms with Crippen LogP contribution in [-0.4, -0.2) is 19.4 Å². The van der Waals surface area contributed by atoms with Crippen molar-refractivity contribution in [1.82, 2.24) is 0 Å². The van der Waals surface area contributed by atoms with Gasteiger partial charge < -0.3 is 10.5 Å². The van der Waals surface area contributed by atoms with Crippen molar-refractivity contribution < 1.29 is 9.53 Å². The van der Waals surface area contributed by atoms with Gasteiger partial charge in [-0.15, -0.1) is 11.3 Å². The highest BCUT2D eigenvalue weighted by atomic mass is 32.1. The Morgan fingerprint density at radius 1 is 1.47 bits per heavy atom. The van der Waals surface area contributed by atoms with E-state index in [0.717, 1.165) is 10.1 Å². The number of hydrogen-bond acceptors (Lipinski definition) is 4. The van der Waals surface area contributed by atoms with Crippen LogP contribution in [0.1, 0.15) is 9.67 Å². The molecule has 0 aliphatic carbocycles. The molecule has 78 valence electrons. The number of carbonyl (C=O) groups excluding carboxylic acids is 1. The lowest BCUT2D eigenvalue weighted by Crippen LogP contribution is -2.12. The molecular weight excluding hydrogens is 210 g/mol. The van der Waals surface area contributed by atoms with Gasteiger partial charge in [0.25, 0.3) is 0 Å². The second-order valence-corrected chi connectivity index (χ2v) is 4.14. The second kappa shape index (κ2) is 4.00. The molecule has 0 atom stereocenters. The first-order valence-corrected chi connectivity index (χ1v) is 5.38. The van der Waals surface area contributed by atoms with E-state index in [0.29, 0.717) is 10.6 Å². The fourth-order valence-corrected chi connectivity index (χ4v) is 2.62. The summed E-state index contributed by atoms with van der Waals surface area (Å²) in [6.07, 6.45) is 0. The number of benzene rings is 1. The largest absolute Gasteiger partial charge is 0.494 e. The molecule has 0 bridgehead atoms. The van der Waals surface area contributed by atoms with Gasteiger partial charge in [-0.1, -0.05) is 12.1 Å². The Kier molecular flexibility index (Phi) is 2.70. The van der Waals surface area contributed by atoms with Crippen molar-refractivity contribution in [3.63, 3.8) is 0 Å². The molecule has 0 aliphatic rings. The smallest absolute Gasteiger partial charge is 0.190 e. The normalized spacial score (nSPS) is 10.5. The number of carbonyl (C=O) groups is 1. The fourth-order valence-electron chi connectivity index (χ4n) is 1.50. The third-order valence-electron chi connectivity index (χ3n) is 2.19. The topological polar surface area (TPSA) is 52.3 Å². The van der Waals surface area contributed by atoms with E-state index in [9.17, 15) is 4.79 Å². The summed E-state index contributed by atoms with van der Waals surface area (Å²) in [4.78, 5) is 12.2. The quantitative estimate of drug-likeness (QED) is 0.807. The van der Waals surface area contributed by atoms with Gasteiger partial charge in [0.2, 0.25) is 0 Å². The molecule has 0 amide bonds. The third kappa shape index (κ3) is 1.62. The minimum atomic E-state index is -0.0759. The zero-order valence-electron chi connectivity index (χ0n) is 8.32. The highest BCUT2D eigenvalue weighted by molar-refractivity contribution is 7.21. The van der Waals surface area contributed by atoms with Gasteiger partial charge in [-0.2, -0.15) is 0 Å². The summed E-state index contributed by atoms with van der Waals surface area (Å²) < 4.78 is 6.30. The van der Waals surface area contributed by atoms with Gasteiger partial charge >= 0.3 is 0 Å². The molecule has 1 aromatic carbocycles. The van der Waals surface area contributed by atoms with E-state index < -0.39 is 0 Å². The van der Waals surface area contributed by atoms with Crippen LogP contribution >= 0.6 is 11.3 Å². The molecule has 1 heterocycles. The van der Waals surface area contributed by atoms with Crippen molar-refractivity contribution in [3.8, 4) is 5.75 Å². The molecule has 0 unspecified atom stereocenters. The molecule has 3 nitrogen and oxygen atoms in total. The zero-order valence-corrected chi connectivity index (χ0v) is 9.14. The summed E-state index contributed by atoms with van der Waals surface area (Å²) in [5.41, 5.74) is 5.35. The van der Waals surface area contributed by atoms with Crippen LogP contribution < -0.4 is 10.5 Å². The number of thiophene rings is 1. The van der Waals surface area contributed by atoms with E-state index in [2.05, 4.69) is 0 Å². The molecule has 2 rings (SSSR count). The number of hydrogen-bond donors (Lipinski definition) is 1. The Bertz CT molecular complexity index is 504. The van der Waals surface area contributed by atoms with Crippen molar-refractivity contribution >= 4 is 27.2 Å². The second-order valence-electron chi connectivity index (χ2n) is 3.09. The average Bonchev–Trinajstić information content (AvgIpc) is 2.66. The summed E-state index contributed by atoms with van der Waals surface area (Å²) in [5, 5.41) is 0.974. The summed E-state index contributed by atoms with van der Waals surface area (Å²) in [6.45, 7) is 0.0170. The lowest BCUT2D eigenvalue weighted by atomic mass is 10.2. The highest BCUT2D eigenvalue weighted by Gasteiger charge is 2.17. The SMILES string of the molecule is COc1c(C(=O)CN)sc2ccccc12. The highest BCUT2D eigenvalue weighted by Crippen LogP contribution is 2.37. The Morgan fingerprint density at radius 3 is 2.87 bits per heavy atom. The van der Waals surface area contributed by atoms with Gasteiger partial charge in [-0.05, 0) is 12.1 Å². The van der Waals surface area contributed by atoms with Crippen LogP contribution in [-0.2, 0) is 0 Å². The predicted octanol–water partition coefficient (Wildman–Crippen LogP) is 2.05. The first-order valence-electron chi connectivity index (χ1n) is 4.56. The van der Waals surface area contributed by atoms with Crippen LogP contribution in [0.25, 0.3) is 10.1 Å². The summed E-state index contributed by atoms with van der Waals surface area (Å²) >= 11 is 1.43. The number of nitrogens with two attached hydrogens (primary N) is 1. The monoisotopic (exact) mass is 221 g/mol. The molecule has 4 heteroatoms. The maximum Gasteiger partial charge on any atom is 0.190 e. The molecule has 0 spiro atoms. The minimum Gasteiger partial charge on any atom is -0.494 e.